The first-order valence-electron chi connectivity index (χ1n) is 5.03. The van der Waals surface area contributed by atoms with Gasteiger partial charge in [0.15, 0.2) is 5.82 Å². The van der Waals surface area contributed by atoms with Crippen LogP contribution in [-0.2, 0) is 4.79 Å². The molecule has 0 radical (unpaired) electrons. The van der Waals surface area contributed by atoms with Crippen molar-refractivity contribution in [2.75, 3.05) is 37.5 Å². The third-order valence-electron chi connectivity index (χ3n) is 1.81. The summed E-state index contributed by atoms with van der Waals surface area (Å²) in [5, 5.41) is 6.36. The Morgan fingerprint density at radius 2 is 2.38 bits per heavy atom. The van der Waals surface area contributed by atoms with E-state index in [0.717, 1.165) is 12.3 Å². The lowest BCUT2D eigenvalue weighted by molar-refractivity contribution is -0.113. The van der Waals surface area contributed by atoms with Crippen molar-refractivity contribution in [1.82, 2.24) is 10.1 Å². The van der Waals surface area contributed by atoms with Gasteiger partial charge >= 0.3 is 0 Å². The summed E-state index contributed by atoms with van der Waals surface area (Å²) >= 11 is 1.60. The van der Waals surface area contributed by atoms with E-state index in [2.05, 4.69) is 15.4 Å². The zero-order chi connectivity index (χ0) is 12.0. The van der Waals surface area contributed by atoms with Crippen molar-refractivity contribution >= 4 is 23.5 Å². The van der Waals surface area contributed by atoms with Crippen molar-refractivity contribution < 1.29 is 9.32 Å². The second-order valence-electron chi connectivity index (χ2n) is 3.73. The summed E-state index contributed by atoms with van der Waals surface area (Å²) in [6.07, 6.45) is 0. The SMILES string of the molecule is Cc1cc(NC(=O)CSCCN(C)C)no1. The predicted octanol–water partition coefficient (Wildman–Crippen LogP) is 1.22. The van der Waals surface area contributed by atoms with Crippen LogP contribution in [0.5, 0.6) is 0 Å². The maximum atomic E-state index is 11.4. The Balaban J connectivity index is 2.16. The Labute approximate surface area is 99.5 Å². The van der Waals surface area contributed by atoms with E-state index in [-0.39, 0.29) is 5.91 Å². The van der Waals surface area contributed by atoms with Crippen LogP contribution in [0.2, 0.25) is 0 Å². The summed E-state index contributed by atoms with van der Waals surface area (Å²) in [4.78, 5) is 13.5. The molecule has 1 rings (SSSR count). The minimum absolute atomic E-state index is 0.0444. The number of amides is 1. The third kappa shape index (κ3) is 5.18. The number of aryl methyl sites for hydroxylation is 1. The maximum absolute atomic E-state index is 11.4. The fourth-order valence-electron chi connectivity index (χ4n) is 1.02. The molecule has 16 heavy (non-hydrogen) atoms. The van der Waals surface area contributed by atoms with E-state index in [1.54, 1.807) is 24.8 Å². The van der Waals surface area contributed by atoms with Gasteiger partial charge in [0.1, 0.15) is 5.76 Å². The van der Waals surface area contributed by atoms with Gasteiger partial charge in [0.2, 0.25) is 5.91 Å². The van der Waals surface area contributed by atoms with Crippen LogP contribution in [0.25, 0.3) is 0 Å². The van der Waals surface area contributed by atoms with Crippen LogP contribution in [0.3, 0.4) is 0 Å². The summed E-state index contributed by atoms with van der Waals surface area (Å²) in [5.41, 5.74) is 0. The number of carbonyl (C=O) groups excluding carboxylic acids is 1. The average Bonchev–Trinajstić information content (AvgIpc) is 2.58. The average molecular weight is 243 g/mol. The highest BCUT2D eigenvalue weighted by Crippen LogP contribution is 2.08. The molecule has 0 fully saturated rings. The van der Waals surface area contributed by atoms with Crippen LogP contribution >= 0.6 is 11.8 Å². The molecule has 0 spiro atoms. The number of nitrogens with zero attached hydrogens (tertiary/aromatic N) is 2. The first-order valence-corrected chi connectivity index (χ1v) is 6.19. The van der Waals surface area contributed by atoms with Gasteiger partial charge in [0.25, 0.3) is 0 Å². The van der Waals surface area contributed by atoms with E-state index in [9.17, 15) is 4.79 Å². The van der Waals surface area contributed by atoms with Crippen molar-refractivity contribution in [1.29, 1.82) is 0 Å². The lowest BCUT2D eigenvalue weighted by atomic mass is 10.5. The van der Waals surface area contributed by atoms with Crippen LogP contribution in [-0.4, -0.2) is 48.1 Å². The van der Waals surface area contributed by atoms with Crippen molar-refractivity contribution in [3.8, 4) is 0 Å². The molecule has 1 N–H and O–H groups in total. The molecule has 0 aliphatic heterocycles. The molecule has 0 bridgehead atoms. The molecule has 0 atom stereocenters. The monoisotopic (exact) mass is 243 g/mol. The second kappa shape index (κ2) is 6.55. The molecule has 0 aliphatic carbocycles. The van der Waals surface area contributed by atoms with Gasteiger partial charge in [-0.1, -0.05) is 5.16 Å². The minimum Gasteiger partial charge on any atom is -0.360 e. The van der Waals surface area contributed by atoms with Gasteiger partial charge in [-0.3, -0.25) is 4.79 Å². The molecule has 1 aromatic rings. The molecular formula is C10H17N3O2S. The number of hydrogen-bond acceptors (Lipinski definition) is 5. The van der Waals surface area contributed by atoms with Gasteiger partial charge in [-0.05, 0) is 21.0 Å². The van der Waals surface area contributed by atoms with Crippen LogP contribution in [0.15, 0.2) is 10.6 Å². The van der Waals surface area contributed by atoms with Crippen molar-refractivity contribution in [2.24, 2.45) is 0 Å². The first kappa shape index (κ1) is 13.1. The zero-order valence-electron chi connectivity index (χ0n) is 9.82. The van der Waals surface area contributed by atoms with E-state index in [0.29, 0.717) is 17.3 Å². The van der Waals surface area contributed by atoms with Crippen LogP contribution in [0, 0.1) is 6.92 Å². The van der Waals surface area contributed by atoms with Crippen LogP contribution in [0.4, 0.5) is 5.82 Å². The Kier molecular flexibility index (Phi) is 5.34. The fraction of sp³-hybridized carbons (Fsp3) is 0.600. The van der Waals surface area contributed by atoms with E-state index >= 15 is 0 Å². The standard InChI is InChI=1S/C10H17N3O2S/c1-8-6-9(12-15-8)11-10(14)7-16-5-4-13(2)3/h6H,4-5,7H2,1-3H3,(H,11,12,14). The number of hydrogen-bond donors (Lipinski definition) is 1. The molecule has 0 aliphatic rings. The molecular weight excluding hydrogens is 226 g/mol. The number of thioether (sulfide) groups is 1. The normalized spacial score (nSPS) is 10.8. The number of carbonyl (C=O) groups is 1. The van der Waals surface area contributed by atoms with Crippen LogP contribution in [0.1, 0.15) is 5.76 Å². The highest BCUT2D eigenvalue weighted by Gasteiger charge is 2.05. The molecule has 0 aromatic carbocycles. The van der Waals surface area contributed by atoms with Gasteiger partial charge < -0.3 is 14.7 Å². The summed E-state index contributed by atoms with van der Waals surface area (Å²) < 4.78 is 4.84. The lowest BCUT2D eigenvalue weighted by Crippen LogP contribution is -2.18. The molecule has 1 amide bonds. The zero-order valence-corrected chi connectivity index (χ0v) is 10.6. The Morgan fingerprint density at radius 3 is 2.94 bits per heavy atom. The number of rotatable bonds is 6. The molecule has 1 heterocycles. The van der Waals surface area contributed by atoms with E-state index < -0.39 is 0 Å². The van der Waals surface area contributed by atoms with E-state index in [4.69, 9.17) is 4.52 Å². The summed E-state index contributed by atoms with van der Waals surface area (Å²) in [7, 11) is 4.03. The second-order valence-corrected chi connectivity index (χ2v) is 4.83. The van der Waals surface area contributed by atoms with Crippen molar-refractivity contribution in [2.45, 2.75) is 6.92 Å². The summed E-state index contributed by atoms with van der Waals surface area (Å²) in [6, 6.07) is 1.70. The quantitative estimate of drug-likeness (QED) is 0.761. The molecule has 0 saturated carbocycles. The van der Waals surface area contributed by atoms with Crippen molar-refractivity contribution in [3.63, 3.8) is 0 Å². The smallest absolute Gasteiger partial charge is 0.235 e. The Bertz CT molecular complexity index is 339. The van der Waals surface area contributed by atoms with E-state index in [1.165, 1.54) is 0 Å². The van der Waals surface area contributed by atoms with Gasteiger partial charge in [-0.15, -0.1) is 0 Å². The number of aromatic nitrogens is 1. The lowest BCUT2D eigenvalue weighted by Gasteiger charge is -2.08. The molecule has 6 heteroatoms. The fourth-order valence-corrected chi connectivity index (χ4v) is 1.91. The van der Waals surface area contributed by atoms with Gasteiger partial charge in [0, 0.05) is 18.4 Å². The molecule has 90 valence electrons. The predicted molar refractivity (Wildman–Crippen MR) is 65.7 cm³/mol. The summed E-state index contributed by atoms with van der Waals surface area (Å²) in [6.45, 7) is 2.76. The molecule has 5 nitrogen and oxygen atoms in total. The van der Waals surface area contributed by atoms with E-state index in [1.807, 2.05) is 14.1 Å². The summed E-state index contributed by atoms with van der Waals surface area (Å²) in [5.74, 6) is 2.51. The van der Waals surface area contributed by atoms with Gasteiger partial charge in [-0.2, -0.15) is 11.8 Å². The largest absolute Gasteiger partial charge is 0.360 e. The Hall–Kier alpha value is -1.01. The van der Waals surface area contributed by atoms with Gasteiger partial charge in [-0.25, -0.2) is 0 Å². The highest BCUT2D eigenvalue weighted by molar-refractivity contribution is 7.99. The first-order chi connectivity index (χ1) is 7.58. The van der Waals surface area contributed by atoms with Crippen molar-refractivity contribution in [3.05, 3.63) is 11.8 Å². The van der Waals surface area contributed by atoms with Crippen LogP contribution < -0.4 is 5.32 Å². The molecule has 0 saturated heterocycles. The molecule has 0 unspecified atom stereocenters. The third-order valence-corrected chi connectivity index (χ3v) is 2.75. The number of nitrogens with one attached hydrogen (secondary N) is 1. The van der Waals surface area contributed by atoms with Gasteiger partial charge in [0.05, 0.1) is 5.75 Å². The topological polar surface area (TPSA) is 58.4 Å². The maximum Gasteiger partial charge on any atom is 0.235 e. The number of anilines is 1. The molecule has 1 aromatic heterocycles. The highest BCUT2D eigenvalue weighted by atomic mass is 32.2. The Morgan fingerprint density at radius 1 is 1.62 bits per heavy atom. The minimum atomic E-state index is -0.0444.